The summed E-state index contributed by atoms with van der Waals surface area (Å²) >= 11 is 0. The Morgan fingerprint density at radius 3 is 2.74 bits per heavy atom. The largest absolute Gasteiger partial charge is 0.325 e. The summed E-state index contributed by atoms with van der Waals surface area (Å²) < 4.78 is 26.4. The predicted octanol–water partition coefficient (Wildman–Crippen LogP) is 2.08. The first-order valence-corrected chi connectivity index (χ1v) is 9.70. The van der Waals surface area contributed by atoms with Crippen molar-refractivity contribution < 1.29 is 13.2 Å². The van der Waals surface area contributed by atoms with E-state index in [1.165, 1.54) is 0 Å². The van der Waals surface area contributed by atoms with Crippen LogP contribution in [0, 0.1) is 12.8 Å². The first-order valence-electron chi connectivity index (χ1n) is 8.04. The zero-order valence-corrected chi connectivity index (χ0v) is 14.5. The van der Waals surface area contributed by atoms with E-state index in [-0.39, 0.29) is 17.6 Å². The van der Waals surface area contributed by atoms with Crippen LogP contribution in [0.5, 0.6) is 0 Å². The summed E-state index contributed by atoms with van der Waals surface area (Å²) in [6, 6.07) is 5.24. The highest BCUT2D eigenvalue weighted by Crippen LogP contribution is 2.25. The highest BCUT2D eigenvalue weighted by Gasteiger charge is 2.21. The molecule has 0 bridgehead atoms. The first kappa shape index (κ1) is 17.7. The van der Waals surface area contributed by atoms with Crippen LogP contribution < -0.4 is 15.4 Å². The summed E-state index contributed by atoms with van der Waals surface area (Å²) in [5.74, 6) is 0.0222. The van der Waals surface area contributed by atoms with Crippen molar-refractivity contribution >= 4 is 27.3 Å². The van der Waals surface area contributed by atoms with Crippen molar-refractivity contribution in [3.8, 4) is 0 Å². The van der Waals surface area contributed by atoms with Crippen LogP contribution in [-0.2, 0) is 14.8 Å². The van der Waals surface area contributed by atoms with Crippen molar-refractivity contribution in [3.05, 3.63) is 23.8 Å². The lowest BCUT2D eigenvalue weighted by Crippen LogP contribution is -2.37. The van der Waals surface area contributed by atoms with Crippen molar-refractivity contribution in [1.29, 1.82) is 0 Å². The lowest BCUT2D eigenvalue weighted by molar-refractivity contribution is -0.120. The summed E-state index contributed by atoms with van der Waals surface area (Å²) in [6.07, 6.45) is 2.42. The van der Waals surface area contributed by atoms with Crippen molar-refractivity contribution in [3.63, 3.8) is 0 Å². The third kappa shape index (κ3) is 4.94. The third-order valence-corrected chi connectivity index (χ3v) is 5.47. The van der Waals surface area contributed by atoms with Crippen LogP contribution in [0.3, 0.4) is 0 Å². The molecular formula is C16H25N3O3S. The fourth-order valence-corrected chi connectivity index (χ4v) is 3.88. The van der Waals surface area contributed by atoms with Crippen LogP contribution in [0.25, 0.3) is 0 Å². The molecule has 0 aliphatic carbocycles. The van der Waals surface area contributed by atoms with E-state index >= 15 is 0 Å². The van der Waals surface area contributed by atoms with Crippen LogP contribution in [0.2, 0.25) is 0 Å². The van der Waals surface area contributed by atoms with Crippen LogP contribution in [0.1, 0.15) is 31.7 Å². The van der Waals surface area contributed by atoms with E-state index in [2.05, 4.69) is 15.4 Å². The molecule has 23 heavy (non-hydrogen) atoms. The molecule has 1 heterocycles. The number of hydrogen-bond donors (Lipinski definition) is 3. The minimum absolute atomic E-state index is 0.0196. The van der Waals surface area contributed by atoms with Gasteiger partial charge in [0.05, 0.1) is 17.4 Å². The van der Waals surface area contributed by atoms with E-state index in [4.69, 9.17) is 0 Å². The van der Waals surface area contributed by atoms with Gasteiger partial charge in [-0.05, 0) is 50.4 Å². The molecule has 2 rings (SSSR count). The molecule has 128 valence electrons. The molecule has 0 saturated carbocycles. The topological polar surface area (TPSA) is 87.3 Å². The lowest BCUT2D eigenvalue weighted by Gasteiger charge is -2.22. The number of carbonyl (C=O) groups is 1. The zero-order chi connectivity index (χ0) is 16.9. The van der Waals surface area contributed by atoms with Gasteiger partial charge in [0.1, 0.15) is 0 Å². The van der Waals surface area contributed by atoms with Gasteiger partial charge in [0.25, 0.3) is 0 Å². The van der Waals surface area contributed by atoms with Crippen LogP contribution in [0.15, 0.2) is 18.2 Å². The molecule has 0 spiro atoms. The fourth-order valence-electron chi connectivity index (χ4n) is 2.68. The summed E-state index contributed by atoms with van der Waals surface area (Å²) in [7, 11) is -3.35. The summed E-state index contributed by atoms with van der Waals surface area (Å²) in [5, 5.41) is 6.14. The summed E-state index contributed by atoms with van der Waals surface area (Å²) in [5.41, 5.74) is 1.89. The number of amides is 1. The summed E-state index contributed by atoms with van der Waals surface area (Å²) in [6.45, 7) is 5.27. The van der Waals surface area contributed by atoms with Crippen LogP contribution >= 0.6 is 0 Å². The number of anilines is 2. The van der Waals surface area contributed by atoms with Gasteiger partial charge in [0.15, 0.2) is 0 Å². The second-order valence-corrected chi connectivity index (χ2v) is 7.77. The molecule has 1 unspecified atom stereocenters. The second kappa shape index (κ2) is 7.79. The molecule has 1 aliphatic heterocycles. The minimum atomic E-state index is -3.35. The normalized spacial score (nSPS) is 18.4. The van der Waals surface area contributed by atoms with Gasteiger partial charge in [-0.1, -0.05) is 13.0 Å². The molecule has 1 aromatic carbocycles. The molecule has 1 atom stereocenters. The summed E-state index contributed by atoms with van der Waals surface area (Å²) in [4.78, 5) is 12.3. The molecule has 1 amide bonds. The van der Waals surface area contributed by atoms with E-state index < -0.39 is 10.0 Å². The fraction of sp³-hybridized carbons (Fsp3) is 0.562. The SMILES string of the molecule is CCCS(=O)(=O)Nc1cccc(NC(=O)C2CCCNC2)c1C. The maximum Gasteiger partial charge on any atom is 0.232 e. The molecule has 0 aromatic heterocycles. The number of carbonyl (C=O) groups excluding carboxylic acids is 1. The number of sulfonamides is 1. The molecule has 1 aromatic rings. The third-order valence-electron chi connectivity index (χ3n) is 4.00. The predicted molar refractivity (Wildman–Crippen MR) is 93.1 cm³/mol. The molecule has 0 radical (unpaired) electrons. The Kier molecular flexibility index (Phi) is 6.01. The average Bonchev–Trinajstić information content (AvgIpc) is 2.52. The monoisotopic (exact) mass is 339 g/mol. The van der Waals surface area contributed by atoms with Gasteiger partial charge in [0, 0.05) is 12.2 Å². The maximum absolute atomic E-state index is 12.3. The molecule has 1 saturated heterocycles. The van der Waals surface area contributed by atoms with Gasteiger partial charge < -0.3 is 10.6 Å². The Morgan fingerprint density at radius 2 is 2.09 bits per heavy atom. The smallest absolute Gasteiger partial charge is 0.232 e. The van der Waals surface area contributed by atoms with E-state index in [0.29, 0.717) is 24.3 Å². The molecule has 3 N–H and O–H groups in total. The zero-order valence-electron chi connectivity index (χ0n) is 13.7. The number of piperidine rings is 1. The molecule has 7 heteroatoms. The Labute approximate surface area is 138 Å². The highest BCUT2D eigenvalue weighted by atomic mass is 32.2. The molecule has 1 aliphatic rings. The Balaban J connectivity index is 2.11. The average molecular weight is 339 g/mol. The van der Waals surface area contributed by atoms with E-state index in [9.17, 15) is 13.2 Å². The van der Waals surface area contributed by atoms with Crippen molar-refractivity contribution in [2.24, 2.45) is 5.92 Å². The number of hydrogen-bond acceptors (Lipinski definition) is 4. The molecular weight excluding hydrogens is 314 g/mol. The number of nitrogens with one attached hydrogen (secondary N) is 3. The second-order valence-electron chi connectivity index (χ2n) is 5.93. The van der Waals surface area contributed by atoms with Gasteiger partial charge in [-0.3, -0.25) is 9.52 Å². The number of rotatable bonds is 6. The maximum atomic E-state index is 12.3. The van der Waals surface area contributed by atoms with E-state index in [1.807, 2.05) is 6.92 Å². The van der Waals surface area contributed by atoms with E-state index in [0.717, 1.165) is 24.9 Å². The van der Waals surface area contributed by atoms with Crippen molar-refractivity contribution in [2.45, 2.75) is 33.1 Å². The van der Waals surface area contributed by atoms with Crippen LogP contribution in [0.4, 0.5) is 11.4 Å². The Morgan fingerprint density at radius 1 is 1.35 bits per heavy atom. The van der Waals surface area contributed by atoms with Crippen LogP contribution in [-0.4, -0.2) is 33.2 Å². The first-order chi connectivity index (χ1) is 10.9. The van der Waals surface area contributed by atoms with Gasteiger partial charge in [-0.25, -0.2) is 8.42 Å². The van der Waals surface area contributed by atoms with Crippen molar-refractivity contribution in [2.75, 3.05) is 28.9 Å². The number of benzene rings is 1. The Hall–Kier alpha value is -1.60. The van der Waals surface area contributed by atoms with Crippen molar-refractivity contribution in [1.82, 2.24) is 5.32 Å². The molecule has 6 nitrogen and oxygen atoms in total. The quantitative estimate of drug-likeness (QED) is 0.740. The standard InChI is InChI=1S/C16H25N3O3S/c1-3-10-23(21,22)19-15-8-4-7-14(12(15)2)18-16(20)13-6-5-9-17-11-13/h4,7-8,13,17,19H,3,5-6,9-11H2,1-2H3,(H,18,20). The van der Waals surface area contributed by atoms with Gasteiger partial charge in [-0.2, -0.15) is 0 Å². The highest BCUT2D eigenvalue weighted by molar-refractivity contribution is 7.92. The van der Waals surface area contributed by atoms with Gasteiger partial charge >= 0.3 is 0 Å². The minimum Gasteiger partial charge on any atom is -0.325 e. The van der Waals surface area contributed by atoms with Gasteiger partial charge in [0.2, 0.25) is 15.9 Å². The van der Waals surface area contributed by atoms with E-state index in [1.54, 1.807) is 25.1 Å². The lowest BCUT2D eigenvalue weighted by atomic mass is 9.98. The Bertz CT molecular complexity index is 653. The van der Waals surface area contributed by atoms with Gasteiger partial charge in [-0.15, -0.1) is 0 Å². The molecule has 1 fully saturated rings.